The standard InChI is InChI=1S/C14H17BrO2/c1-3-17-14(16)13(15)12-7-5-10-8-9(2)4-6-11(10)12/h4,6,8,12-13H,3,5,7H2,1-2H3/t12-,13?/m1/s1. The van der Waals surface area contributed by atoms with Crippen LogP contribution >= 0.6 is 15.9 Å². The van der Waals surface area contributed by atoms with Crippen LogP contribution in [0.3, 0.4) is 0 Å². The van der Waals surface area contributed by atoms with Crippen molar-refractivity contribution in [3.8, 4) is 0 Å². The number of hydrogen-bond acceptors (Lipinski definition) is 2. The molecule has 1 unspecified atom stereocenters. The molecule has 0 amide bonds. The minimum Gasteiger partial charge on any atom is -0.465 e. The predicted molar refractivity (Wildman–Crippen MR) is 71.6 cm³/mol. The van der Waals surface area contributed by atoms with Gasteiger partial charge in [-0.25, -0.2) is 0 Å². The van der Waals surface area contributed by atoms with Crippen LogP contribution < -0.4 is 0 Å². The summed E-state index contributed by atoms with van der Waals surface area (Å²) < 4.78 is 5.07. The van der Waals surface area contributed by atoms with E-state index in [-0.39, 0.29) is 16.7 Å². The average Bonchev–Trinajstić information content (AvgIpc) is 2.71. The molecule has 0 saturated carbocycles. The summed E-state index contributed by atoms with van der Waals surface area (Å²) in [5.41, 5.74) is 3.96. The summed E-state index contributed by atoms with van der Waals surface area (Å²) in [5.74, 6) is 0.107. The van der Waals surface area contributed by atoms with Gasteiger partial charge in [0.15, 0.2) is 0 Å². The molecule has 0 saturated heterocycles. The normalized spacial score (nSPS) is 19.8. The Labute approximate surface area is 110 Å². The van der Waals surface area contributed by atoms with E-state index in [1.165, 1.54) is 16.7 Å². The van der Waals surface area contributed by atoms with Crippen LogP contribution in [0.5, 0.6) is 0 Å². The lowest BCUT2D eigenvalue weighted by atomic mass is 9.97. The molecule has 0 heterocycles. The number of ether oxygens (including phenoxy) is 1. The number of aryl methyl sites for hydroxylation is 2. The van der Waals surface area contributed by atoms with Gasteiger partial charge in [0.25, 0.3) is 0 Å². The number of hydrogen-bond donors (Lipinski definition) is 0. The fourth-order valence-corrected chi connectivity index (χ4v) is 3.15. The van der Waals surface area contributed by atoms with Gasteiger partial charge in [-0.3, -0.25) is 4.79 Å². The molecular formula is C14H17BrO2. The van der Waals surface area contributed by atoms with Gasteiger partial charge in [0.1, 0.15) is 4.83 Å². The molecule has 0 aliphatic heterocycles. The lowest BCUT2D eigenvalue weighted by Crippen LogP contribution is -2.23. The Hall–Kier alpha value is -0.830. The molecule has 0 fully saturated rings. The van der Waals surface area contributed by atoms with E-state index in [1.54, 1.807) is 0 Å². The maximum Gasteiger partial charge on any atom is 0.320 e. The van der Waals surface area contributed by atoms with Crippen molar-refractivity contribution in [1.29, 1.82) is 0 Å². The molecule has 92 valence electrons. The van der Waals surface area contributed by atoms with Crippen molar-refractivity contribution in [2.24, 2.45) is 0 Å². The van der Waals surface area contributed by atoms with Gasteiger partial charge in [0.05, 0.1) is 6.61 Å². The van der Waals surface area contributed by atoms with Gasteiger partial charge in [-0.2, -0.15) is 0 Å². The number of alkyl halides is 1. The van der Waals surface area contributed by atoms with Gasteiger partial charge < -0.3 is 4.74 Å². The topological polar surface area (TPSA) is 26.3 Å². The first kappa shape index (κ1) is 12.6. The Morgan fingerprint density at radius 3 is 3.06 bits per heavy atom. The summed E-state index contributed by atoms with van der Waals surface area (Å²) in [4.78, 5) is 11.5. The highest BCUT2D eigenvalue weighted by molar-refractivity contribution is 9.10. The molecule has 3 heteroatoms. The third-order valence-corrected chi connectivity index (χ3v) is 4.30. The lowest BCUT2D eigenvalue weighted by molar-refractivity contribution is -0.142. The number of rotatable bonds is 3. The number of halogens is 1. The number of esters is 1. The largest absolute Gasteiger partial charge is 0.465 e. The van der Waals surface area contributed by atoms with E-state index in [9.17, 15) is 4.79 Å². The predicted octanol–water partition coefficient (Wildman–Crippen LogP) is 3.35. The van der Waals surface area contributed by atoms with E-state index in [4.69, 9.17) is 4.74 Å². The average molecular weight is 297 g/mol. The first-order valence-electron chi connectivity index (χ1n) is 6.03. The summed E-state index contributed by atoms with van der Waals surface area (Å²) >= 11 is 3.48. The Morgan fingerprint density at radius 2 is 2.35 bits per heavy atom. The summed E-state index contributed by atoms with van der Waals surface area (Å²) in [6, 6.07) is 6.48. The second kappa shape index (κ2) is 5.21. The van der Waals surface area contributed by atoms with E-state index >= 15 is 0 Å². The number of fused-ring (bicyclic) bond motifs is 1. The zero-order valence-electron chi connectivity index (χ0n) is 10.2. The van der Waals surface area contributed by atoms with Crippen molar-refractivity contribution in [3.05, 3.63) is 34.9 Å². The first-order valence-corrected chi connectivity index (χ1v) is 6.95. The smallest absolute Gasteiger partial charge is 0.320 e. The Bertz CT molecular complexity index is 428. The first-order chi connectivity index (χ1) is 8.13. The molecule has 0 aromatic heterocycles. The molecule has 1 aromatic carbocycles. The molecule has 2 rings (SSSR count). The molecule has 1 aliphatic carbocycles. The molecule has 0 N–H and O–H groups in total. The third kappa shape index (κ3) is 2.54. The highest BCUT2D eigenvalue weighted by Gasteiger charge is 2.33. The fourth-order valence-electron chi connectivity index (χ4n) is 2.47. The molecule has 2 nitrogen and oxygen atoms in total. The van der Waals surface area contributed by atoms with Crippen LogP contribution in [0, 0.1) is 6.92 Å². The fraction of sp³-hybridized carbons (Fsp3) is 0.500. The highest BCUT2D eigenvalue weighted by Crippen LogP contribution is 2.39. The summed E-state index contributed by atoms with van der Waals surface area (Å²) in [6.07, 6.45) is 2.08. The van der Waals surface area contributed by atoms with Crippen LogP contribution in [0.15, 0.2) is 18.2 Å². The molecule has 0 spiro atoms. The zero-order valence-corrected chi connectivity index (χ0v) is 11.8. The van der Waals surface area contributed by atoms with Crippen molar-refractivity contribution < 1.29 is 9.53 Å². The van der Waals surface area contributed by atoms with Crippen LogP contribution in [-0.2, 0) is 16.0 Å². The lowest BCUT2D eigenvalue weighted by Gasteiger charge is -2.17. The van der Waals surface area contributed by atoms with Crippen molar-refractivity contribution in [1.82, 2.24) is 0 Å². The molecule has 2 atom stereocenters. The molecule has 17 heavy (non-hydrogen) atoms. The van der Waals surface area contributed by atoms with Gasteiger partial charge in [0.2, 0.25) is 0 Å². The molecule has 0 bridgehead atoms. The van der Waals surface area contributed by atoms with Gasteiger partial charge in [0, 0.05) is 5.92 Å². The molecule has 1 aliphatic rings. The van der Waals surface area contributed by atoms with Crippen molar-refractivity contribution >= 4 is 21.9 Å². The second-order valence-corrected chi connectivity index (χ2v) is 5.49. The zero-order chi connectivity index (χ0) is 12.4. The van der Waals surface area contributed by atoms with E-state index in [1.807, 2.05) is 6.92 Å². The maximum absolute atomic E-state index is 11.7. The van der Waals surface area contributed by atoms with Crippen molar-refractivity contribution in [2.45, 2.75) is 37.4 Å². The van der Waals surface area contributed by atoms with Crippen molar-refractivity contribution in [2.75, 3.05) is 6.61 Å². The highest BCUT2D eigenvalue weighted by atomic mass is 79.9. The minimum absolute atomic E-state index is 0.147. The van der Waals surface area contributed by atoms with E-state index in [0.717, 1.165) is 12.8 Å². The van der Waals surface area contributed by atoms with Gasteiger partial charge in [-0.05, 0) is 37.8 Å². The quantitative estimate of drug-likeness (QED) is 0.632. The minimum atomic E-state index is -0.216. The summed E-state index contributed by atoms with van der Waals surface area (Å²) in [5, 5.41) is 0. The summed E-state index contributed by atoms with van der Waals surface area (Å²) in [6.45, 7) is 4.38. The Kier molecular flexibility index (Phi) is 3.87. The van der Waals surface area contributed by atoms with Crippen LogP contribution in [0.25, 0.3) is 0 Å². The van der Waals surface area contributed by atoms with Crippen LogP contribution in [0.2, 0.25) is 0 Å². The van der Waals surface area contributed by atoms with Crippen LogP contribution in [-0.4, -0.2) is 17.4 Å². The molecular weight excluding hydrogens is 280 g/mol. The molecule has 0 radical (unpaired) electrons. The van der Waals surface area contributed by atoms with Crippen molar-refractivity contribution in [3.63, 3.8) is 0 Å². The number of carbonyl (C=O) groups excluding carboxylic acids is 1. The monoisotopic (exact) mass is 296 g/mol. The van der Waals surface area contributed by atoms with E-state index in [0.29, 0.717) is 6.61 Å². The SMILES string of the molecule is CCOC(=O)C(Br)[C@@H]1CCc2cc(C)ccc21. The third-order valence-electron chi connectivity index (χ3n) is 3.29. The Morgan fingerprint density at radius 1 is 1.59 bits per heavy atom. The maximum atomic E-state index is 11.7. The summed E-state index contributed by atoms with van der Waals surface area (Å²) in [7, 11) is 0. The second-order valence-electron chi connectivity index (χ2n) is 4.50. The molecule has 1 aromatic rings. The van der Waals surface area contributed by atoms with Crippen LogP contribution in [0.1, 0.15) is 36.0 Å². The number of benzene rings is 1. The number of carbonyl (C=O) groups is 1. The van der Waals surface area contributed by atoms with Gasteiger partial charge in [-0.15, -0.1) is 0 Å². The van der Waals surface area contributed by atoms with Gasteiger partial charge in [-0.1, -0.05) is 39.7 Å². The van der Waals surface area contributed by atoms with E-state index in [2.05, 4.69) is 41.1 Å². The van der Waals surface area contributed by atoms with E-state index < -0.39 is 0 Å². The van der Waals surface area contributed by atoms with Crippen LogP contribution in [0.4, 0.5) is 0 Å². The Balaban J connectivity index is 2.19. The van der Waals surface area contributed by atoms with Gasteiger partial charge >= 0.3 is 5.97 Å².